The summed E-state index contributed by atoms with van der Waals surface area (Å²) in [5.41, 5.74) is 4.48. The Morgan fingerprint density at radius 2 is 2.14 bits per heavy atom. The Morgan fingerprint density at radius 3 is 2.97 bits per heavy atom. The lowest BCUT2D eigenvalue weighted by atomic mass is 9.96. The number of nitrogens with zero attached hydrogens (tertiary/aromatic N) is 2. The zero-order chi connectivity index (χ0) is 24.2. The molecule has 3 heterocycles. The highest BCUT2D eigenvalue weighted by Gasteiger charge is 2.43. The number of ether oxygens (including phenoxy) is 2. The maximum Gasteiger partial charge on any atom is 0.325 e. The third kappa shape index (κ3) is 5.68. The van der Waals surface area contributed by atoms with Crippen molar-refractivity contribution in [3.8, 4) is 0 Å². The summed E-state index contributed by atoms with van der Waals surface area (Å²) in [5, 5.41) is 13.5. The van der Waals surface area contributed by atoms with Crippen LogP contribution in [-0.4, -0.2) is 66.5 Å². The summed E-state index contributed by atoms with van der Waals surface area (Å²) < 4.78 is 11.7. The second-order valence-electron chi connectivity index (χ2n) is 10.1. The minimum absolute atomic E-state index is 0.0859. The van der Waals surface area contributed by atoms with Gasteiger partial charge in [0.15, 0.2) is 0 Å². The molecule has 35 heavy (non-hydrogen) atoms. The quantitative estimate of drug-likeness (QED) is 0.468. The Balaban J connectivity index is 1.10. The van der Waals surface area contributed by atoms with Crippen LogP contribution in [0.4, 0.5) is 5.82 Å². The van der Waals surface area contributed by atoms with Crippen LogP contribution in [0.2, 0.25) is 0 Å². The number of carboxylic acid groups (broad SMARTS) is 1. The maximum atomic E-state index is 12.3. The Hall–Kier alpha value is -2.48. The first-order valence-electron chi connectivity index (χ1n) is 13.1. The fourth-order valence-corrected chi connectivity index (χ4v) is 5.63. The summed E-state index contributed by atoms with van der Waals surface area (Å²) in [6.45, 7) is 3.11. The van der Waals surface area contributed by atoms with E-state index in [4.69, 9.17) is 14.5 Å². The fourth-order valence-electron chi connectivity index (χ4n) is 5.63. The van der Waals surface area contributed by atoms with Gasteiger partial charge < -0.3 is 19.9 Å². The highest BCUT2D eigenvalue weighted by atomic mass is 16.5. The number of benzene rings is 1. The van der Waals surface area contributed by atoms with Gasteiger partial charge in [0, 0.05) is 45.0 Å². The molecule has 1 saturated heterocycles. The van der Waals surface area contributed by atoms with Crippen LogP contribution in [0.1, 0.15) is 66.4 Å². The number of hydrogen-bond donors (Lipinski definition) is 2. The Bertz CT molecular complexity index is 1030. The number of anilines is 1. The van der Waals surface area contributed by atoms with E-state index in [1.165, 1.54) is 12.0 Å². The summed E-state index contributed by atoms with van der Waals surface area (Å²) in [6, 6.07) is 11.7. The van der Waals surface area contributed by atoms with Crippen molar-refractivity contribution in [2.45, 2.75) is 69.1 Å². The molecule has 0 bridgehead atoms. The molecule has 2 N–H and O–H groups in total. The third-order valence-electron chi connectivity index (χ3n) is 7.63. The smallest absolute Gasteiger partial charge is 0.325 e. The van der Waals surface area contributed by atoms with Crippen LogP contribution in [0.25, 0.3) is 0 Å². The van der Waals surface area contributed by atoms with Gasteiger partial charge in [-0.2, -0.15) is 0 Å². The summed E-state index contributed by atoms with van der Waals surface area (Å²) in [4.78, 5) is 19.2. The number of aliphatic carboxylic acids is 1. The SMILES string of the molecule is CO[C@@H]1C[C@@H]1c1ccccc1C(C(=O)O)N1CC[C@@H](OCCCCc2ccc3c(n2)NCCC3)C1. The van der Waals surface area contributed by atoms with Crippen molar-refractivity contribution in [3.05, 3.63) is 58.8 Å². The van der Waals surface area contributed by atoms with Gasteiger partial charge in [-0.05, 0) is 67.7 Å². The molecule has 7 nitrogen and oxygen atoms in total. The fraction of sp³-hybridized carbons (Fsp3) is 0.571. The number of nitrogens with one attached hydrogen (secondary N) is 1. The minimum atomic E-state index is -0.792. The molecule has 2 aromatic rings. The van der Waals surface area contributed by atoms with Crippen molar-refractivity contribution in [3.63, 3.8) is 0 Å². The largest absolute Gasteiger partial charge is 0.480 e. The van der Waals surface area contributed by atoms with Crippen LogP contribution in [-0.2, 0) is 27.1 Å². The first-order valence-corrected chi connectivity index (χ1v) is 13.1. The Kier molecular flexibility index (Phi) is 7.66. The average molecular weight is 480 g/mol. The standard InChI is InChI=1S/C28H37N3O4/c1-34-25-17-24(25)22-9-2-3-10-23(22)26(28(32)33)31-15-13-21(18-31)35-16-5-4-8-20-12-11-19-7-6-14-29-27(19)30-20/h2-3,9-12,21,24-26H,4-8,13-18H2,1H3,(H,29,30)(H,32,33)/t21-,24-,25-,26?/m1/s1. The number of pyridine rings is 1. The van der Waals surface area contributed by atoms with Crippen molar-refractivity contribution < 1.29 is 19.4 Å². The third-order valence-corrected chi connectivity index (χ3v) is 7.63. The molecule has 1 aliphatic carbocycles. The Labute approximate surface area is 207 Å². The molecule has 0 amide bonds. The summed E-state index contributed by atoms with van der Waals surface area (Å²) in [6.07, 6.45) is 7.39. The number of aryl methyl sites for hydroxylation is 2. The number of methoxy groups -OCH3 is 1. The predicted octanol–water partition coefficient (Wildman–Crippen LogP) is 4.18. The molecule has 0 spiro atoms. The van der Waals surface area contributed by atoms with E-state index in [0.29, 0.717) is 19.1 Å². The number of carboxylic acids is 1. The number of fused-ring (bicyclic) bond motifs is 1. The van der Waals surface area contributed by atoms with Crippen LogP contribution in [0.15, 0.2) is 36.4 Å². The van der Waals surface area contributed by atoms with Crippen molar-refractivity contribution in [2.75, 3.05) is 38.7 Å². The zero-order valence-corrected chi connectivity index (χ0v) is 20.6. The van der Waals surface area contributed by atoms with Gasteiger partial charge >= 0.3 is 5.97 Å². The minimum Gasteiger partial charge on any atom is -0.480 e. The number of rotatable bonds is 11. The van der Waals surface area contributed by atoms with Gasteiger partial charge in [0.2, 0.25) is 0 Å². The maximum absolute atomic E-state index is 12.3. The van der Waals surface area contributed by atoms with Gasteiger partial charge in [-0.3, -0.25) is 9.69 Å². The normalized spacial score (nSPS) is 24.5. The molecular weight excluding hydrogens is 442 g/mol. The molecular formula is C28H37N3O4. The lowest BCUT2D eigenvalue weighted by molar-refractivity contribution is -0.143. The number of hydrogen-bond acceptors (Lipinski definition) is 6. The van der Waals surface area contributed by atoms with Crippen LogP contribution in [0.5, 0.6) is 0 Å². The highest BCUT2D eigenvalue weighted by Crippen LogP contribution is 2.46. The monoisotopic (exact) mass is 479 g/mol. The number of unbranched alkanes of at least 4 members (excludes halogenated alkanes) is 1. The van der Waals surface area contributed by atoms with E-state index in [2.05, 4.69) is 28.4 Å². The van der Waals surface area contributed by atoms with E-state index in [9.17, 15) is 9.90 Å². The lowest BCUT2D eigenvalue weighted by Gasteiger charge is -2.26. The molecule has 2 fully saturated rings. The molecule has 188 valence electrons. The Morgan fingerprint density at radius 1 is 1.26 bits per heavy atom. The topological polar surface area (TPSA) is 83.9 Å². The molecule has 1 aromatic carbocycles. The van der Waals surface area contributed by atoms with E-state index in [-0.39, 0.29) is 12.2 Å². The lowest BCUT2D eigenvalue weighted by Crippen LogP contribution is -2.34. The van der Waals surface area contributed by atoms with Gasteiger partial charge in [-0.1, -0.05) is 30.3 Å². The van der Waals surface area contributed by atoms with Crippen LogP contribution >= 0.6 is 0 Å². The second-order valence-corrected chi connectivity index (χ2v) is 10.1. The molecule has 0 radical (unpaired) electrons. The average Bonchev–Trinajstić information content (AvgIpc) is 3.53. The summed E-state index contributed by atoms with van der Waals surface area (Å²) >= 11 is 0. The molecule has 5 rings (SSSR count). The molecule has 7 heteroatoms. The highest BCUT2D eigenvalue weighted by molar-refractivity contribution is 5.76. The van der Waals surface area contributed by atoms with E-state index in [0.717, 1.165) is 74.3 Å². The molecule has 1 aromatic heterocycles. The van der Waals surface area contributed by atoms with Gasteiger partial charge in [-0.25, -0.2) is 4.98 Å². The second kappa shape index (κ2) is 11.1. The summed E-state index contributed by atoms with van der Waals surface area (Å²) in [7, 11) is 1.73. The zero-order valence-electron chi connectivity index (χ0n) is 20.6. The number of likely N-dealkylation sites (tertiary alicyclic amines) is 1. The van der Waals surface area contributed by atoms with E-state index in [1.807, 2.05) is 18.2 Å². The first-order chi connectivity index (χ1) is 17.1. The van der Waals surface area contributed by atoms with E-state index in [1.54, 1.807) is 7.11 Å². The molecule has 1 saturated carbocycles. The van der Waals surface area contributed by atoms with Crippen molar-refractivity contribution in [1.29, 1.82) is 0 Å². The number of aromatic nitrogens is 1. The van der Waals surface area contributed by atoms with Crippen LogP contribution < -0.4 is 5.32 Å². The van der Waals surface area contributed by atoms with Gasteiger partial charge in [-0.15, -0.1) is 0 Å². The van der Waals surface area contributed by atoms with Crippen LogP contribution in [0.3, 0.4) is 0 Å². The predicted molar refractivity (Wildman–Crippen MR) is 135 cm³/mol. The van der Waals surface area contributed by atoms with Crippen LogP contribution in [0, 0.1) is 0 Å². The van der Waals surface area contributed by atoms with Gasteiger partial charge in [0.1, 0.15) is 11.9 Å². The molecule has 2 aliphatic heterocycles. The molecule has 1 unspecified atom stereocenters. The van der Waals surface area contributed by atoms with Crippen molar-refractivity contribution in [1.82, 2.24) is 9.88 Å². The van der Waals surface area contributed by atoms with Gasteiger partial charge in [0.25, 0.3) is 0 Å². The molecule has 4 atom stereocenters. The van der Waals surface area contributed by atoms with E-state index >= 15 is 0 Å². The van der Waals surface area contributed by atoms with Crippen molar-refractivity contribution >= 4 is 11.8 Å². The first kappa shape index (κ1) is 24.2. The number of carbonyl (C=O) groups is 1. The molecule has 3 aliphatic rings. The van der Waals surface area contributed by atoms with Crippen molar-refractivity contribution in [2.24, 2.45) is 0 Å². The summed E-state index contributed by atoms with van der Waals surface area (Å²) in [5.74, 6) is 0.567. The van der Waals surface area contributed by atoms with Gasteiger partial charge in [0.05, 0.1) is 12.2 Å². The van der Waals surface area contributed by atoms with E-state index < -0.39 is 12.0 Å².